The molecule has 1 fully saturated rings. The molecule has 1 amide bonds. The molecule has 1 N–H and O–H groups in total. The van der Waals surface area contributed by atoms with Crippen LogP contribution in [0.1, 0.15) is 56.2 Å². The van der Waals surface area contributed by atoms with E-state index in [1.807, 2.05) is 0 Å². The summed E-state index contributed by atoms with van der Waals surface area (Å²) in [5.74, 6) is 0.447. The molecule has 0 spiro atoms. The fourth-order valence-corrected chi connectivity index (χ4v) is 4.67. The SMILES string of the molecule is C[C@H]1[C@@H](NC(=O)COC(=O)Cc2coc3cc4c(cc23)CCC4)CCC[C@@H]1C. The third-order valence-corrected chi connectivity index (χ3v) is 6.62. The van der Waals surface area contributed by atoms with Gasteiger partial charge in [-0.1, -0.05) is 26.7 Å². The van der Waals surface area contributed by atoms with Crippen molar-refractivity contribution < 1.29 is 18.7 Å². The summed E-state index contributed by atoms with van der Waals surface area (Å²) in [5.41, 5.74) is 4.34. The van der Waals surface area contributed by atoms with E-state index < -0.39 is 5.97 Å². The molecule has 150 valence electrons. The van der Waals surface area contributed by atoms with E-state index in [4.69, 9.17) is 9.15 Å². The van der Waals surface area contributed by atoms with Crippen LogP contribution in [-0.4, -0.2) is 24.5 Å². The monoisotopic (exact) mass is 383 g/mol. The van der Waals surface area contributed by atoms with Crippen molar-refractivity contribution in [1.82, 2.24) is 5.32 Å². The Hall–Kier alpha value is -2.30. The number of carbonyl (C=O) groups is 2. The van der Waals surface area contributed by atoms with E-state index in [1.54, 1.807) is 6.26 Å². The summed E-state index contributed by atoms with van der Waals surface area (Å²) in [7, 11) is 0. The quantitative estimate of drug-likeness (QED) is 0.794. The molecule has 2 aliphatic carbocycles. The summed E-state index contributed by atoms with van der Waals surface area (Å²) in [6.45, 7) is 4.19. The molecular weight excluding hydrogens is 354 g/mol. The third-order valence-electron chi connectivity index (χ3n) is 6.62. The number of nitrogens with one attached hydrogen (secondary N) is 1. The van der Waals surface area contributed by atoms with Crippen molar-refractivity contribution >= 4 is 22.8 Å². The highest BCUT2D eigenvalue weighted by Gasteiger charge is 2.28. The van der Waals surface area contributed by atoms with Crippen LogP contribution in [0.4, 0.5) is 0 Å². The Morgan fingerprint density at radius 1 is 1.14 bits per heavy atom. The van der Waals surface area contributed by atoms with Gasteiger partial charge in [0.25, 0.3) is 5.91 Å². The maximum absolute atomic E-state index is 12.3. The molecule has 3 atom stereocenters. The number of esters is 1. The van der Waals surface area contributed by atoms with E-state index in [-0.39, 0.29) is 25.0 Å². The molecule has 0 saturated heterocycles. The van der Waals surface area contributed by atoms with Crippen LogP contribution in [0.25, 0.3) is 11.0 Å². The number of furan rings is 1. The second kappa shape index (κ2) is 7.98. The summed E-state index contributed by atoms with van der Waals surface area (Å²) >= 11 is 0. The molecule has 1 heterocycles. The van der Waals surface area contributed by atoms with Gasteiger partial charge in [-0.25, -0.2) is 0 Å². The number of hydrogen-bond acceptors (Lipinski definition) is 4. The minimum absolute atomic E-state index is 0.121. The molecule has 1 aromatic heterocycles. The van der Waals surface area contributed by atoms with Crippen LogP contribution in [0.5, 0.6) is 0 Å². The highest BCUT2D eigenvalue weighted by Crippen LogP contribution is 2.31. The fraction of sp³-hybridized carbons (Fsp3) is 0.565. The van der Waals surface area contributed by atoms with Crippen LogP contribution >= 0.6 is 0 Å². The number of fused-ring (bicyclic) bond motifs is 2. The number of amides is 1. The Labute approximate surface area is 165 Å². The molecule has 0 unspecified atom stereocenters. The Balaban J connectivity index is 1.31. The number of rotatable bonds is 5. The summed E-state index contributed by atoms with van der Waals surface area (Å²) < 4.78 is 10.9. The number of ether oxygens (including phenoxy) is 1. The average molecular weight is 383 g/mol. The van der Waals surface area contributed by atoms with Crippen molar-refractivity contribution in [2.75, 3.05) is 6.61 Å². The Kier molecular flexibility index (Phi) is 5.42. The average Bonchev–Trinajstić information content (AvgIpc) is 3.28. The molecular formula is C23H29NO4. The fourth-order valence-electron chi connectivity index (χ4n) is 4.67. The van der Waals surface area contributed by atoms with Crippen LogP contribution in [0, 0.1) is 11.8 Å². The van der Waals surface area contributed by atoms with Gasteiger partial charge in [-0.2, -0.15) is 0 Å². The lowest BCUT2D eigenvalue weighted by Gasteiger charge is -2.34. The Bertz CT molecular complexity index is 884. The zero-order valence-corrected chi connectivity index (χ0v) is 16.8. The largest absolute Gasteiger partial charge is 0.464 e. The van der Waals surface area contributed by atoms with Gasteiger partial charge in [-0.3, -0.25) is 9.59 Å². The van der Waals surface area contributed by atoms with E-state index in [0.29, 0.717) is 11.8 Å². The first-order valence-electron chi connectivity index (χ1n) is 10.5. The zero-order chi connectivity index (χ0) is 19.7. The predicted molar refractivity (Wildman–Crippen MR) is 107 cm³/mol. The first-order chi connectivity index (χ1) is 13.5. The molecule has 2 aliphatic rings. The third kappa shape index (κ3) is 3.94. The van der Waals surface area contributed by atoms with E-state index in [0.717, 1.165) is 42.2 Å². The summed E-state index contributed by atoms with van der Waals surface area (Å²) in [4.78, 5) is 24.5. The molecule has 1 saturated carbocycles. The maximum Gasteiger partial charge on any atom is 0.310 e. The van der Waals surface area contributed by atoms with Crippen LogP contribution in [-0.2, 0) is 33.6 Å². The zero-order valence-electron chi connectivity index (χ0n) is 16.8. The minimum Gasteiger partial charge on any atom is -0.464 e. The van der Waals surface area contributed by atoms with Gasteiger partial charge in [0.15, 0.2) is 6.61 Å². The smallest absolute Gasteiger partial charge is 0.310 e. The van der Waals surface area contributed by atoms with Gasteiger partial charge in [-0.05, 0) is 60.8 Å². The van der Waals surface area contributed by atoms with Gasteiger partial charge in [0.05, 0.1) is 12.7 Å². The number of hydrogen-bond donors (Lipinski definition) is 1. The minimum atomic E-state index is -0.400. The van der Waals surface area contributed by atoms with E-state index in [2.05, 4.69) is 31.3 Å². The van der Waals surface area contributed by atoms with Gasteiger partial charge in [0, 0.05) is 17.0 Å². The van der Waals surface area contributed by atoms with Gasteiger partial charge in [-0.15, -0.1) is 0 Å². The van der Waals surface area contributed by atoms with Crippen molar-refractivity contribution in [3.8, 4) is 0 Å². The highest BCUT2D eigenvalue weighted by molar-refractivity contribution is 5.88. The molecule has 0 bridgehead atoms. The van der Waals surface area contributed by atoms with Crippen LogP contribution in [0.2, 0.25) is 0 Å². The van der Waals surface area contributed by atoms with Crippen molar-refractivity contribution in [2.45, 2.75) is 64.8 Å². The van der Waals surface area contributed by atoms with Gasteiger partial charge >= 0.3 is 5.97 Å². The Morgan fingerprint density at radius 3 is 2.75 bits per heavy atom. The molecule has 2 aromatic rings. The lowest BCUT2D eigenvalue weighted by molar-refractivity contribution is -0.148. The molecule has 5 heteroatoms. The lowest BCUT2D eigenvalue weighted by Crippen LogP contribution is -2.45. The van der Waals surface area contributed by atoms with E-state index in [1.165, 1.54) is 24.0 Å². The van der Waals surface area contributed by atoms with E-state index in [9.17, 15) is 9.59 Å². The normalized spacial score (nSPS) is 24.1. The maximum atomic E-state index is 12.3. The first-order valence-corrected chi connectivity index (χ1v) is 10.5. The van der Waals surface area contributed by atoms with Crippen molar-refractivity contribution in [3.05, 3.63) is 35.1 Å². The van der Waals surface area contributed by atoms with Crippen LogP contribution in [0.15, 0.2) is 22.8 Å². The molecule has 4 rings (SSSR count). The van der Waals surface area contributed by atoms with Gasteiger partial charge < -0.3 is 14.5 Å². The molecule has 5 nitrogen and oxygen atoms in total. The number of carbonyl (C=O) groups excluding carboxylic acids is 2. The molecule has 0 radical (unpaired) electrons. The summed E-state index contributed by atoms with van der Waals surface area (Å²) in [5, 5.41) is 4.02. The second-order valence-corrected chi connectivity index (χ2v) is 8.51. The molecule has 0 aliphatic heterocycles. The van der Waals surface area contributed by atoms with Crippen molar-refractivity contribution in [1.29, 1.82) is 0 Å². The van der Waals surface area contributed by atoms with E-state index >= 15 is 0 Å². The molecule has 28 heavy (non-hydrogen) atoms. The van der Waals surface area contributed by atoms with Crippen molar-refractivity contribution in [2.24, 2.45) is 11.8 Å². The van der Waals surface area contributed by atoms with Crippen molar-refractivity contribution in [3.63, 3.8) is 0 Å². The van der Waals surface area contributed by atoms with Crippen LogP contribution in [0.3, 0.4) is 0 Å². The second-order valence-electron chi connectivity index (χ2n) is 8.51. The summed E-state index contributed by atoms with van der Waals surface area (Å²) in [6.07, 6.45) is 8.44. The number of benzene rings is 1. The highest BCUT2D eigenvalue weighted by atomic mass is 16.5. The van der Waals surface area contributed by atoms with Gasteiger partial charge in [0.2, 0.25) is 0 Å². The predicted octanol–water partition coefficient (Wildman–Crippen LogP) is 3.95. The first kappa shape index (κ1) is 19.0. The van der Waals surface area contributed by atoms with Crippen LogP contribution < -0.4 is 5.32 Å². The lowest BCUT2D eigenvalue weighted by atomic mass is 9.78. The standard InChI is InChI=1S/C23H29NO4/c1-14-5-3-8-20(15(14)2)24-22(25)13-28-23(26)11-18-12-27-21-10-17-7-4-6-16(17)9-19(18)21/h9-10,12,14-15,20H,3-8,11,13H2,1-2H3,(H,24,25)/t14-,15+,20-/m0/s1. The Morgan fingerprint density at radius 2 is 1.93 bits per heavy atom. The van der Waals surface area contributed by atoms with Gasteiger partial charge in [0.1, 0.15) is 5.58 Å². The summed E-state index contributed by atoms with van der Waals surface area (Å²) in [6, 6.07) is 4.41. The molecule has 1 aromatic carbocycles. The topological polar surface area (TPSA) is 68.5 Å². The number of aryl methyl sites for hydroxylation is 2.